The minimum absolute atomic E-state index is 0.00112. The van der Waals surface area contributed by atoms with Gasteiger partial charge in [-0.25, -0.2) is 14.6 Å². The Balaban J connectivity index is 1.25. The number of carbonyl (C=O) groups excluding carboxylic acids is 2. The van der Waals surface area contributed by atoms with E-state index in [1.54, 1.807) is 23.0 Å². The molecule has 1 saturated heterocycles. The van der Waals surface area contributed by atoms with Crippen LogP contribution >= 0.6 is 22.9 Å². The fourth-order valence-corrected chi connectivity index (χ4v) is 5.01. The molecule has 4 heterocycles. The monoisotopic (exact) mass is 550 g/mol. The predicted molar refractivity (Wildman–Crippen MR) is 131 cm³/mol. The molecule has 15 heteroatoms. The average molecular weight is 551 g/mol. The Morgan fingerprint density at radius 1 is 1.16 bits per heavy atom. The van der Waals surface area contributed by atoms with Crippen molar-refractivity contribution < 1.29 is 22.8 Å². The number of hydrogen-bond donors (Lipinski definition) is 3. The highest BCUT2D eigenvalue weighted by Crippen LogP contribution is 2.36. The van der Waals surface area contributed by atoms with Gasteiger partial charge in [0.1, 0.15) is 16.0 Å². The second-order valence-electron chi connectivity index (χ2n) is 8.34. The van der Waals surface area contributed by atoms with Gasteiger partial charge >= 0.3 is 6.18 Å². The molecule has 0 spiro atoms. The summed E-state index contributed by atoms with van der Waals surface area (Å²) in [5.41, 5.74) is 0.712. The summed E-state index contributed by atoms with van der Waals surface area (Å²) in [6, 6.07) is 5.91. The Morgan fingerprint density at radius 2 is 1.97 bits per heavy atom. The van der Waals surface area contributed by atoms with E-state index in [0.29, 0.717) is 39.8 Å². The van der Waals surface area contributed by atoms with Crippen molar-refractivity contribution in [3.8, 4) is 11.4 Å². The van der Waals surface area contributed by atoms with Gasteiger partial charge in [0.25, 0.3) is 0 Å². The Kier molecular flexibility index (Phi) is 6.56. The zero-order valence-electron chi connectivity index (χ0n) is 19.0. The zero-order valence-corrected chi connectivity index (χ0v) is 20.6. The molecule has 0 radical (unpaired) electrons. The van der Waals surface area contributed by atoms with Crippen molar-refractivity contribution in [2.45, 2.75) is 31.6 Å². The van der Waals surface area contributed by atoms with Gasteiger partial charge in [0.2, 0.25) is 11.8 Å². The third-order valence-corrected chi connectivity index (χ3v) is 6.86. The number of thiazole rings is 1. The molecule has 0 unspecified atom stereocenters. The zero-order chi connectivity index (χ0) is 26.3. The van der Waals surface area contributed by atoms with Crippen molar-refractivity contribution in [3.63, 3.8) is 0 Å². The summed E-state index contributed by atoms with van der Waals surface area (Å²) in [4.78, 5) is 33.4. The van der Waals surface area contributed by atoms with Crippen LogP contribution in [0.25, 0.3) is 21.7 Å². The lowest BCUT2D eigenvalue weighted by Gasteiger charge is -2.14. The van der Waals surface area contributed by atoms with E-state index in [1.807, 2.05) is 0 Å². The van der Waals surface area contributed by atoms with Gasteiger partial charge in [-0.1, -0.05) is 28.2 Å². The Hall–Kier alpha value is -3.62. The van der Waals surface area contributed by atoms with Crippen LogP contribution in [0.5, 0.6) is 0 Å². The molecular formula is C22H18ClF3N8O2S. The van der Waals surface area contributed by atoms with Gasteiger partial charge in [-0.15, -0.1) is 5.10 Å². The number of rotatable bonds is 5. The second-order valence-corrected chi connectivity index (χ2v) is 9.72. The first kappa shape index (κ1) is 25.0. The minimum Gasteiger partial charge on any atom is -0.325 e. The van der Waals surface area contributed by atoms with Gasteiger partial charge in [-0.05, 0) is 36.8 Å². The molecule has 192 valence electrons. The van der Waals surface area contributed by atoms with Gasteiger partial charge in [-0.3, -0.25) is 9.59 Å². The maximum atomic E-state index is 13.1. The summed E-state index contributed by atoms with van der Waals surface area (Å²) in [5.74, 6) is -0.691. The highest BCUT2D eigenvalue weighted by Gasteiger charge is 2.35. The summed E-state index contributed by atoms with van der Waals surface area (Å²) in [6.45, 7) is 1.81. The van der Waals surface area contributed by atoms with Crippen LogP contribution in [0.3, 0.4) is 0 Å². The molecule has 37 heavy (non-hydrogen) atoms. The van der Waals surface area contributed by atoms with Crippen LogP contribution in [0, 0.1) is 0 Å². The molecule has 3 aromatic heterocycles. The van der Waals surface area contributed by atoms with Gasteiger partial charge < -0.3 is 16.0 Å². The number of fused-ring (bicyclic) bond motifs is 1. The molecule has 0 saturated carbocycles. The first-order chi connectivity index (χ1) is 17.6. The van der Waals surface area contributed by atoms with Crippen molar-refractivity contribution in [1.29, 1.82) is 0 Å². The van der Waals surface area contributed by atoms with Gasteiger partial charge in [-0.2, -0.15) is 13.2 Å². The Labute approximate surface area is 216 Å². The van der Waals surface area contributed by atoms with E-state index < -0.39 is 28.7 Å². The van der Waals surface area contributed by atoms with Crippen LogP contribution in [-0.2, 0) is 15.8 Å². The molecular weight excluding hydrogens is 533 g/mol. The van der Waals surface area contributed by atoms with Gasteiger partial charge in [0.15, 0.2) is 5.13 Å². The number of alkyl halides is 3. The van der Waals surface area contributed by atoms with Crippen LogP contribution in [0.4, 0.5) is 24.0 Å². The fraction of sp³-hybridized carbons (Fsp3) is 0.273. The number of halogens is 4. The molecule has 2 atom stereocenters. The lowest BCUT2D eigenvalue weighted by Crippen LogP contribution is -2.35. The third kappa shape index (κ3) is 5.40. The average Bonchev–Trinajstić information content (AvgIpc) is 3.57. The fourth-order valence-electron chi connectivity index (χ4n) is 3.90. The number of nitrogens with zero attached hydrogens (tertiary/aromatic N) is 5. The van der Waals surface area contributed by atoms with E-state index in [0.717, 1.165) is 12.1 Å². The summed E-state index contributed by atoms with van der Waals surface area (Å²) in [6.07, 6.45) is -2.56. The van der Waals surface area contributed by atoms with E-state index in [4.69, 9.17) is 11.6 Å². The first-order valence-corrected chi connectivity index (χ1v) is 12.1. The van der Waals surface area contributed by atoms with Crippen LogP contribution in [0.15, 0.2) is 36.5 Å². The quantitative estimate of drug-likeness (QED) is 0.341. The highest BCUT2D eigenvalue weighted by atomic mass is 35.5. The maximum Gasteiger partial charge on any atom is 0.417 e. The Morgan fingerprint density at radius 3 is 2.73 bits per heavy atom. The molecule has 2 amide bonds. The van der Waals surface area contributed by atoms with E-state index in [9.17, 15) is 22.8 Å². The van der Waals surface area contributed by atoms with Crippen molar-refractivity contribution in [3.05, 3.63) is 47.1 Å². The number of amides is 2. The summed E-state index contributed by atoms with van der Waals surface area (Å²) in [5, 5.41) is 16.6. The van der Waals surface area contributed by atoms with Crippen LogP contribution in [0.1, 0.15) is 24.9 Å². The lowest BCUT2D eigenvalue weighted by atomic mass is 10.1. The number of nitrogens with one attached hydrogen (secondary N) is 3. The molecule has 0 aliphatic carbocycles. The van der Waals surface area contributed by atoms with Crippen LogP contribution in [0.2, 0.25) is 5.02 Å². The number of carbonyl (C=O) groups is 2. The largest absolute Gasteiger partial charge is 0.417 e. The molecule has 5 rings (SSSR count). The summed E-state index contributed by atoms with van der Waals surface area (Å²) in [7, 11) is 0. The summed E-state index contributed by atoms with van der Waals surface area (Å²) >= 11 is 6.88. The number of aromatic nitrogens is 5. The van der Waals surface area contributed by atoms with Crippen molar-refractivity contribution >= 4 is 55.9 Å². The molecule has 1 fully saturated rings. The van der Waals surface area contributed by atoms with Crippen molar-refractivity contribution in [2.24, 2.45) is 0 Å². The second kappa shape index (κ2) is 9.68. The smallest absolute Gasteiger partial charge is 0.325 e. The van der Waals surface area contributed by atoms with Crippen LogP contribution in [-0.4, -0.2) is 49.4 Å². The minimum atomic E-state index is -4.63. The highest BCUT2D eigenvalue weighted by molar-refractivity contribution is 7.21. The number of pyridine rings is 1. The molecule has 4 aromatic rings. The lowest BCUT2D eigenvalue weighted by molar-refractivity contribution is -0.137. The molecule has 1 aliphatic rings. The number of benzene rings is 1. The third-order valence-electron chi connectivity index (χ3n) is 5.65. The molecule has 0 bridgehead atoms. The van der Waals surface area contributed by atoms with E-state index in [2.05, 4.69) is 36.2 Å². The van der Waals surface area contributed by atoms with E-state index >= 15 is 0 Å². The molecule has 1 aromatic carbocycles. The van der Waals surface area contributed by atoms with E-state index in [-0.39, 0.29) is 17.6 Å². The molecule has 1 aliphatic heterocycles. The Bertz CT molecular complexity index is 1500. The first-order valence-electron chi connectivity index (χ1n) is 10.9. The normalized spacial score (nSPS) is 17.8. The van der Waals surface area contributed by atoms with Gasteiger partial charge in [0.05, 0.1) is 34.6 Å². The SMILES string of the molecule is CC(=O)Nc1nc2ccc(-c3cn([C@@H]4CN[C@H](C(=O)Nc5ccc(Cl)c(C(F)(F)F)c5)C4)nn3)nc2s1. The van der Waals surface area contributed by atoms with Crippen LogP contribution < -0.4 is 16.0 Å². The van der Waals surface area contributed by atoms with Crippen molar-refractivity contribution in [2.75, 3.05) is 17.2 Å². The number of anilines is 2. The standard InChI is InChI=1S/C22H18ClF3N8O2S/c1-10(35)28-21-31-16-5-4-15(30-20(16)37-21)18-9-34(33-32-18)12-7-17(27-8-12)19(36)29-11-2-3-14(23)13(6-11)22(24,25)26/h2-6,9,12,17,27H,7-8H2,1H3,(H,29,36)(H,28,31,35)/t12-,17-/m0/s1. The van der Waals surface area contributed by atoms with Gasteiger partial charge in [0, 0.05) is 19.2 Å². The molecule has 10 nitrogen and oxygen atoms in total. The summed E-state index contributed by atoms with van der Waals surface area (Å²) < 4.78 is 40.9. The molecule has 3 N–H and O–H groups in total. The van der Waals surface area contributed by atoms with E-state index in [1.165, 1.54) is 24.3 Å². The topological polar surface area (TPSA) is 127 Å². The maximum absolute atomic E-state index is 13.1. The van der Waals surface area contributed by atoms with Crippen molar-refractivity contribution in [1.82, 2.24) is 30.3 Å². The number of hydrogen-bond acceptors (Lipinski definition) is 8. The predicted octanol–water partition coefficient (Wildman–Crippen LogP) is 4.12.